The van der Waals surface area contributed by atoms with Crippen LogP contribution in [0, 0.1) is 0 Å². The van der Waals surface area contributed by atoms with Crippen molar-refractivity contribution >= 4 is 16.4 Å². The molecule has 0 aliphatic carbocycles. The highest BCUT2D eigenvalue weighted by Crippen LogP contribution is 2.54. The highest BCUT2D eigenvalue weighted by molar-refractivity contribution is 8.29. The van der Waals surface area contributed by atoms with Gasteiger partial charge in [0.1, 0.15) is 11.4 Å². The summed E-state index contributed by atoms with van der Waals surface area (Å²) in [5.41, 5.74) is 3.63. The first-order valence-corrected chi connectivity index (χ1v) is 14.2. The Kier molecular flexibility index (Phi) is 11.0. The molecule has 0 spiro atoms. The van der Waals surface area contributed by atoms with Gasteiger partial charge in [0.15, 0.2) is 0 Å². The maximum atomic E-state index is 12.0. The van der Waals surface area contributed by atoms with E-state index in [9.17, 15) is 4.79 Å². The molecule has 34 heavy (non-hydrogen) atoms. The number of amides is 1. The van der Waals surface area contributed by atoms with Crippen molar-refractivity contribution in [2.24, 2.45) is 0 Å². The predicted octanol–water partition coefficient (Wildman–Crippen LogP) is 7.71. The first-order valence-electron chi connectivity index (χ1n) is 11.8. The fourth-order valence-corrected chi connectivity index (χ4v) is 3.55. The molecule has 1 N–H and O–H groups in total. The van der Waals surface area contributed by atoms with Gasteiger partial charge in [-0.2, -0.15) is 0 Å². The van der Waals surface area contributed by atoms with Gasteiger partial charge in [-0.3, -0.25) is 0 Å². The molecule has 0 saturated heterocycles. The molecule has 0 bridgehead atoms. The maximum absolute atomic E-state index is 12.0. The number of hydrogen-bond acceptors (Lipinski definition) is 4. The van der Waals surface area contributed by atoms with E-state index >= 15 is 0 Å². The van der Waals surface area contributed by atoms with Gasteiger partial charge in [-0.05, 0) is 79.8 Å². The molecule has 0 saturated carbocycles. The molecule has 0 fully saturated rings. The summed E-state index contributed by atoms with van der Waals surface area (Å²) in [6, 6.07) is 14.3. The average molecular weight is 492 g/mol. The molecule has 2 aromatic carbocycles. The number of methoxy groups -OCH3 is 1. The van der Waals surface area contributed by atoms with E-state index in [0.717, 1.165) is 28.0 Å². The fourth-order valence-electron chi connectivity index (χ4n) is 2.77. The molecular weight excluding hydrogens is 446 g/mol. The molecule has 0 aliphatic heterocycles. The number of nitrogens with one attached hydrogen (secondary N) is 1. The lowest BCUT2D eigenvalue weighted by Gasteiger charge is -2.43. The summed E-state index contributed by atoms with van der Waals surface area (Å²) in [7, 11) is 0.453. The van der Waals surface area contributed by atoms with Crippen molar-refractivity contribution in [1.29, 1.82) is 0 Å². The Morgan fingerprint density at radius 2 is 1.53 bits per heavy atom. The minimum absolute atomic E-state index is 0.118. The van der Waals surface area contributed by atoms with Crippen LogP contribution in [0.4, 0.5) is 4.79 Å². The molecule has 0 heterocycles. The zero-order valence-corrected chi connectivity index (χ0v) is 23.8. The molecule has 0 aromatic heterocycles. The Balaban J connectivity index is 0.00000281. The fraction of sp³-hybridized carbons (Fsp3) is 0.536. The van der Waals surface area contributed by atoms with Crippen LogP contribution in [0.2, 0.25) is 0 Å². The lowest BCUT2D eigenvalue weighted by Crippen LogP contribution is -2.32. The predicted molar refractivity (Wildman–Crippen MR) is 147 cm³/mol. The normalized spacial score (nSPS) is 12.3. The first-order chi connectivity index (χ1) is 15.7. The number of carbonyl (C=O) groups is 1. The number of ether oxygens (including phenoxy) is 2. The van der Waals surface area contributed by atoms with Gasteiger partial charge in [-0.25, -0.2) is 4.79 Å². The van der Waals surface area contributed by atoms with E-state index in [0.29, 0.717) is 13.2 Å². The Hall–Kier alpha value is -2.18. The second-order valence-electron chi connectivity index (χ2n) is 10.2. The molecule has 6 heteroatoms. The zero-order valence-electron chi connectivity index (χ0n) is 23.0. The standard InChI is InChI=1S/C26H39NO4S.C2H6/c1-25(2,3)31-24(28)27-17-20-14-22(16-23(15-20)29-7)21-12-10-11-19(13-21)18-30-32(8,9)26(4,5)6;1-2/h10-16H,17-18H2,1-9H3,(H,27,28);1-2H3. The average Bonchev–Trinajstić information content (AvgIpc) is 2.76. The van der Waals surface area contributed by atoms with Crippen molar-refractivity contribution < 1.29 is 18.5 Å². The summed E-state index contributed by atoms with van der Waals surface area (Å²) < 4.78 is 17.3. The highest BCUT2D eigenvalue weighted by Gasteiger charge is 2.28. The topological polar surface area (TPSA) is 56.8 Å². The summed E-state index contributed by atoms with van der Waals surface area (Å²) >= 11 is 0. The Bertz CT molecular complexity index is 927. The van der Waals surface area contributed by atoms with E-state index < -0.39 is 22.0 Å². The van der Waals surface area contributed by atoms with Gasteiger partial charge < -0.3 is 19.0 Å². The van der Waals surface area contributed by atoms with E-state index in [-0.39, 0.29) is 4.75 Å². The zero-order chi connectivity index (χ0) is 26.2. The minimum atomic E-state index is -1.19. The Morgan fingerprint density at radius 3 is 2.09 bits per heavy atom. The van der Waals surface area contributed by atoms with Crippen LogP contribution >= 0.6 is 10.3 Å². The largest absolute Gasteiger partial charge is 0.497 e. The van der Waals surface area contributed by atoms with E-state index in [1.165, 1.54) is 0 Å². The lowest BCUT2D eigenvalue weighted by molar-refractivity contribution is 0.0523. The van der Waals surface area contributed by atoms with Gasteiger partial charge in [-0.15, -0.1) is 10.3 Å². The van der Waals surface area contributed by atoms with Crippen molar-refractivity contribution in [2.45, 2.75) is 78.9 Å². The van der Waals surface area contributed by atoms with Crippen LogP contribution < -0.4 is 10.1 Å². The molecule has 2 rings (SSSR count). The van der Waals surface area contributed by atoms with Crippen molar-refractivity contribution in [3.05, 3.63) is 53.6 Å². The van der Waals surface area contributed by atoms with Crippen molar-refractivity contribution in [2.75, 3.05) is 19.6 Å². The van der Waals surface area contributed by atoms with Crippen LogP contribution in [-0.2, 0) is 22.1 Å². The van der Waals surface area contributed by atoms with Crippen molar-refractivity contribution in [1.82, 2.24) is 5.32 Å². The molecule has 1 amide bonds. The molecule has 0 aliphatic rings. The first kappa shape index (κ1) is 29.9. The van der Waals surface area contributed by atoms with Gasteiger partial charge in [0.25, 0.3) is 0 Å². The van der Waals surface area contributed by atoms with Crippen molar-refractivity contribution in [3.8, 4) is 16.9 Å². The van der Waals surface area contributed by atoms with Gasteiger partial charge in [0.05, 0.1) is 13.7 Å². The second kappa shape index (κ2) is 12.5. The van der Waals surface area contributed by atoms with Crippen molar-refractivity contribution in [3.63, 3.8) is 0 Å². The third-order valence-electron chi connectivity index (χ3n) is 5.29. The van der Waals surface area contributed by atoms with Crippen LogP contribution in [0.5, 0.6) is 5.75 Å². The van der Waals surface area contributed by atoms with E-state index in [1.807, 2.05) is 52.8 Å². The van der Waals surface area contributed by atoms with E-state index in [4.69, 9.17) is 13.7 Å². The second-order valence-corrected chi connectivity index (χ2v) is 14.2. The SMILES string of the molecule is CC.COc1cc(CNC(=O)OC(C)(C)C)cc(-c2cccc(COS(C)(C)C(C)(C)C)c2)c1. The van der Waals surface area contributed by atoms with Gasteiger partial charge >= 0.3 is 6.09 Å². The molecule has 0 radical (unpaired) electrons. The summed E-state index contributed by atoms with van der Waals surface area (Å²) in [5.74, 6) is 0.739. The lowest BCUT2D eigenvalue weighted by atomic mass is 10.0. The smallest absolute Gasteiger partial charge is 0.407 e. The van der Waals surface area contributed by atoms with E-state index in [2.05, 4.69) is 62.9 Å². The number of alkyl carbamates (subject to hydrolysis) is 1. The van der Waals surface area contributed by atoms with Crippen LogP contribution in [0.25, 0.3) is 11.1 Å². The van der Waals surface area contributed by atoms with Gasteiger partial charge in [-0.1, -0.05) is 52.8 Å². The van der Waals surface area contributed by atoms with Crippen LogP contribution in [-0.4, -0.2) is 36.1 Å². The highest BCUT2D eigenvalue weighted by atomic mass is 32.3. The third kappa shape index (κ3) is 9.59. The molecule has 192 valence electrons. The molecule has 2 aromatic rings. The van der Waals surface area contributed by atoms with Gasteiger partial charge in [0, 0.05) is 11.3 Å². The number of carbonyl (C=O) groups excluding carboxylic acids is 1. The number of hydrogen-bond donors (Lipinski definition) is 1. The molecule has 0 atom stereocenters. The number of rotatable bonds is 7. The molecule has 5 nitrogen and oxygen atoms in total. The summed E-state index contributed by atoms with van der Waals surface area (Å²) in [6.45, 7) is 17.1. The molecular formula is C28H45NO4S. The van der Waals surface area contributed by atoms with Crippen LogP contribution in [0.3, 0.4) is 0 Å². The Morgan fingerprint density at radius 1 is 0.912 bits per heavy atom. The quantitative estimate of drug-likeness (QED) is 0.431. The van der Waals surface area contributed by atoms with Gasteiger partial charge in [0.2, 0.25) is 0 Å². The third-order valence-corrected chi connectivity index (χ3v) is 8.95. The van der Waals surface area contributed by atoms with Crippen LogP contribution in [0.15, 0.2) is 42.5 Å². The summed E-state index contributed by atoms with van der Waals surface area (Å²) in [6.07, 6.45) is 3.98. The van der Waals surface area contributed by atoms with Crippen LogP contribution in [0.1, 0.15) is 66.5 Å². The van der Waals surface area contributed by atoms with E-state index in [1.54, 1.807) is 7.11 Å². The summed E-state index contributed by atoms with van der Waals surface area (Å²) in [4.78, 5) is 12.0. The minimum Gasteiger partial charge on any atom is -0.497 e. The Labute approximate surface area is 209 Å². The summed E-state index contributed by atoms with van der Waals surface area (Å²) in [5, 5.41) is 2.81. The maximum Gasteiger partial charge on any atom is 0.407 e. The number of benzene rings is 2. The molecule has 0 unspecified atom stereocenters. The monoisotopic (exact) mass is 491 g/mol.